The van der Waals surface area contributed by atoms with Crippen LogP contribution in [0.25, 0.3) is 0 Å². The van der Waals surface area contributed by atoms with Crippen LogP contribution in [-0.4, -0.2) is 62.7 Å². The quantitative estimate of drug-likeness (QED) is 0.839. The van der Waals surface area contributed by atoms with E-state index in [0.29, 0.717) is 0 Å². The first-order chi connectivity index (χ1) is 9.10. The van der Waals surface area contributed by atoms with Crippen molar-refractivity contribution in [1.29, 1.82) is 0 Å². The van der Waals surface area contributed by atoms with E-state index < -0.39 is 0 Å². The summed E-state index contributed by atoms with van der Waals surface area (Å²) >= 11 is 0. The van der Waals surface area contributed by atoms with Crippen LogP contribution in [0.5, 0.6) is 0 Å². The molecular formula is C16H33N3. The maximum Gasteiger partial charge on any atom is 0.0110 e. The number of rotatable bonds is 4. The molecule has 1 N–H and O–H groups in total. The summed E-state index contributed by atoms with van der Waals surface area (Å²) in [7, 11) is 4.39. The van der Waals surface area contributed by atoms with E-state index in [1.54, 1.807) is 0 Å². The van der Waals surface area contributed by atoms with Crippen molar-refractivity contribution in [3.8, 4) is 0 Å². The van der Waals surface area contributed by atoms with Gasteiger partial charge in [-0.05, 0) is 51.1 Å². The first kappa shape index (κ1) is 15.3. The second kappa shape index (κ2) is 7.05. The molecule has 0 aromatic rings. The van der Waals surface area contributed by atoms with Gasteiger partial charge < -0.3 is 15.1 Å². The normalized spacial score (nSPS) is 34.9. The van der Waals surface area contributed by atoms with Gasteiger partial charge in [0.2, 0.25) is 0 Å². The van der Waals surface area contributed by atoms with Crippen molar-refractivity contribution >= 4 is 0 Å². The predicted octanol–water partition coefficient (Wildman–Crippen LogP) is 1.89. The standard InChI is InChI=1S/C16H33N3/c1-13(2)14-5-6-16(17-3)15(11-14)12-19-9-7-18(4)8-10-19/h13-17H,5-12H2,1-4H3. The molecule has 1 saturated heterocycles. The molecule has 3 atom stereocenters. The number of nitrogens with zero attached hydrogens (tertiary/aromatic N) is 2. The highest BCUT2D eigenvalue weighted by atomic mass is 15.2. The van der Waals surface area contributed by atoms with Gasteiger partial charge in [0, 0.05) is 38.8 Å². The molecule has 0 aromatic carbocycles. The Morgan fingerprint density at radius 1 is 1.11 bits per heavy atom. The van der Waals surface area contributed by atoms with E-state index in [2.05, 4.69) is 43.1 Å². The van der Waals surface area contributed by atoms with Crippen LogP contribution in [0, 0.1) is 17.8 Å². The predicted molar refractivity (Wildman–Crippen MR) is 82.5 cm³/mol. The van der Waals surface area contributed by atoms with Gasteiger partial charge in [0.15, 0.2) is 0 Å². The smallest absolute Gasteiger partial charge is 0.0110 e. The summed E-state index contributed by atoms with van der Waals surface area (Å²) in [6.45, 7) is 11.1. The third-order valence-electron chi connectivity index (χ3n) is 5.43. The molecule has 0 aromatic heterocycles. The van der Waals surface area contributed by atoms with Crippen molar-refractivity contribution in [3.05, 3.63) is 0 Å². The summed E-state index contributed by atoms with van der Waals surface area (Å²) < 4.78 is 0. The van der Waals surface area contributed by atoms with E-state index in [1.807, 2.05) is 0 Å². The second-order valence-electron chi connectivity index (χ2n) is 7.08. The van der Waals surface area contributed by atoms with Crippen LogP contribution in [0.15, 0.2) is 0 Å². The highest BCUT2D eigenvalue weighted by Gasteiger charge is 2.32. The Labute approximate surface area is 119 Å². The van der Waals surface area contributed by atoms with Crippen molar-refractivity contribution in [2.24, 2.45) is 17.8 Å². The highest BCUT2D eigenvalue weighted by molar-refractivity contribution is 4.87. The molecule has 1 aliphatic heterocycles. The van der Waals surface area contributed by atoms with Crippen molar-refractivity contribution in [2.75, 3.05) is 46.8 Å². The lowest BCUT2D eigenvalue weighted by atomic mass is 9.73. The minimum absolute atomic E-state index is 0.745. The zero-order valence-corrected chi connectivity index (χ0v) is 13.4. The van der Waals surface area contributed by atoms with E-state index in [9.17, 15) is 0 Å². The van der Waals surface area contributed by atoms with Crippen LogP contribution < -0.4 is 5.32 Å². The molecule has 3 unspecified atom stereocenters. The Balaban J connectivity index is 1.87. The van der Waals surface area contributed by atoms with E-state index >= 15 is 0 Å². The van der Waals surface area contributed by atoms with Crippen LogP contribution in [0.4, 0.5) is 0 Å². The number of piperazine rings is 1. The lowest BCUT2D eigenvalue weighted by Crippen LogP contribution is -2.50. The summed E-state index contributed by atoms with van der Waals surface area (Å²) in [6, 6.07) is 0.745. The van der Waals surface area contributed by atoms with Gasteiger partial charge in [0.1, 0.15) is 0 Å². The molecule has 1 heterocycles. The molecule has 2 aliphatic rings. The molecular weight excluding hydrogens is 234 g/mol. The lowest BCUT2D eigenvalue weighted by Gasteiger charge is -2.42. The van der Waals surface area contributed by atoms with Crippen molar-refractivity contribution < 1.29 is 0 Å². The number of hydrogen-bond donors (Lipinski definition) is 1. The van der Waals surface area contributed by atoms with E-state index in [0.717, 1.165) is 23.8 Å². The van der Waals surface area contributed by atoms with Gasteiger partial charge in [-0.1, -0.05) is 13.8 Å². The van der Waals surface area contributed by atoms with Crippen LogP contribution >= 0.6 is 0 Å². The van der Waals surface area contributed by atoms with Crippen LogP contribution in [0.1, 0.15) is 33.1 Å². The molecule has 1 aliphatic carbocycles. The summed E-state index contributed by atoms with van der Waals surface area (Å²) in [5, 5.41) is 3.57. The van der Waals surface area contributed by atoms with Gasteiger partial charge >= 0.3 is 0 Å². The summed E-state index contributed by atoms with van der Waals surface area (Å²) in [5.41, 5.74) is 0. The summed E-state index contributed by atoms with van der Waals surface area (Å²) in [5.74, 6) is 2.66. The minimum atomic E-state index is 0.745. The molecule has 0 amide bonds. The highest BCUT2D eigenvalue weighted by Crippen LogP contribution is 2.34. The first-order valence-electron chi connectivity index (χ1n) is 8.18. The Bertz CT molecular complexity index is 259. The Hall–Kier alpha value is -0.120. The third kappa shape index (κ3) is 4.17. The van der Waals surface area contributed by atoms with Gasteiger partial charge in [0.05, 0.1) is 0 Å². The molecule has 112 valence electrons. The van der Waals surface area contributed by atoms with Crippen LogP contribution in [0.2, 0.25) is 0 Å². The maximum atomic E-state index is 3.57. The van der Waals surface area contributed by atoms with Crippen molar-refractivity contribution in [1.82, 2.24) is 15.1 Å². The average Bonchev–Trinajstić information content (AvgIpc) is 2.41. The SMILES string of the molecule is CNC1CCC(C(C)C)CC1CN1CCN(C)CC1. The minimum Gasteiger partial charge on any atom is -0.317 e. The van der Waals surface area contributed by atoms with Gasteiger partial charge in [0.25, 0.3) is 0 Å². The molecule has 3 nitrogen and oxygen atoms in total. The molecule has 0 radical (unpaired) electrons. The fourth-order valence-corrected chi connectivity index (χ4v) is 3.85. The molecule has 19 heavy (non-hydrogen) atoms. The van der Waals surface area contributed by atoms with Gasteiger partial charge in [-0.2, -0.15) is 0 Å². The van der Waals surface area contributed by atoms with Gasteiger partial charge in [-0.25, -0.2) is 0 Å². The fourth-order valence-electron chi connectivity index (χ4n) is 3.85. The van der Waals surface area contributed by atoms with Crippen molar-refractivity contribution in [3.63, 3.8) is 0 Å². The summed E-state index contributed by atoms with van der Waals surface area (Å²) in [6.07, 6.45) is 4.22. The number of likely N-dealkylation sites (N-methyl/N-ethyl adjacent to an activating group) is 1. The average molecular weight is 267 g/mol. The third-order valence-corrected chi connectivity index (χ3v) is 5.43. The van der Waals surface area contributed by atoms with Gasteiger partial charge in [-0.15, -0.1) is 0 Å². The second-order valence-corrected chi connectivity index (χ2v) is 7.08. The van der Waals surface area contributed by atoms with E-state index in [-0.39, 0.29) is 0 Å². The Morgan fingerprint density at radius 2 is 1.79 bits per heavy atom. The molecule has 1 saturated carbocycles. The number of hydrogen-bond acceptors (Lipinski definition) is 3. The summed E-state index contributed by atoms with van der Waals surface area (Å²) in [4.78, 5) is 5.14. The molecule has 0 bridgehead atoms. The monoisotopic (exact) mass is 267 g/mol. The number of nitrogens with one attached hydrogen (secondary N) is 1. The van der Waals surface area contributed by atoms with Crippen molar-refractivity contribution in [2.45, 2.75) is 39.2 Å². The van der Waals surface area contributed by atoms with Gasteiger partial charge in [-0.3, -0.25) is 0 Å². The topological polar surface area (TPSA) is 18.5 Å². The zero-order valence-electron chi connectivity index (χ0n) is 13.4. The molecule has 2 rings (SSSR count). The maximum absolute atomic E-state index is 3.57. The van der Waals surface area contributed by atoms with Crippen LogP contribution in [-0.2, 0) is 0 Å². The largest absolute Gasteiger partial charge is 0.317 e. The Morgan fingerprint density at radius 3 is 2.37 bits per heavy atom. The molecule has 0 spiro atoms. The fraction of sp³-hybridized carbons (Fsp3) is 1.00. The zero-order chi connectivity index (χ0) is 13.8. The van der Waals surface area contributed by atoms with E-state index in [1.165, 1.54) is 52.0 Å². The lowest BCUT2D eigenvalue weighted by molar-refractivity contribution is 0.0920. The van der Waals surface area contributed by atoms with Crippen LogP contribution in [0.3, 0.4) is 0 Å². The molecule has 3 heteroatoms. The molecule has 2 fully saturated rings. The first-order valence-corrected chi connectivity index (χ1v) is 8.18. The Kier molecular flexibility index (Phi) is 5.67. The van der Waals surface area contributed by atoms with E-state index in [4.69, 9.17) is 0 Å².